The molecule has 0 saturated carbocycles. The number of hydrogen-bond donors (Lipinski definition) is 2. The standard InChI is InChI=1S/C11H12N2O4/c1-2-17-11(14)9(7-12)8-5-3-4-6-10(8)13(15)16/h3-6,9,13,15H,2H2,1H3/t9-/m1/s1. The molecule has 90 valence electrons. The molecule has 2 N–H and O–H groups in total. The maximum absolute atomic E-state index is 11.5. The van der Waals surface area contributed by atoms with E-state index in [1.807, 2.05) is 0 Å². The Morgan fingerprint density at radius 2 is 2.29 bits per heavy atom. The molecule has 0 bridgehead atoms. The summed E-state index contributed by atoms with van der Waals surface area (Å²) in [6.07, 6.45) is 0. The second-order valence-electron chi connectivity index (χ2n) is 3.21. The highest BCUT2D eigenvalue weighted by molar-refractivity contribution is 5.82. The first-order valence-electron chi connectivity index (χ1n) is 5.00. The molecular weight excluding hydrogens is 224 g/mol. The van der Waals surface area contributed by atoms with Gasteiger partial charge >= 0.3 is 5.97 Å². The number of nitrogens with one attached hydrogen (secondary N) is 1. The average molecular weight is 236 g/mol. The smallest absolute Gasteiger partial charge is 0.328 e. The summed E-state index contributed by atoms with van der Waals surface area (Å²) < 4.78 is 4.73. The summed E-state index contributed by atoms with van der Waals surface area (Å²) in [5, 5.41) is 27.7. The van der Waals surface area contributed by atoms with E-state index in [0.717, 1.165) is 0 Å². The Morgan fingerprint density at radius 3 is 2.82 bits per heavy atom. The summed E-state index contributed by atoms with van der Waals surface area (Å²) in [6, 6.07) is 7.66. The van der Waals surface area contributed by atoms with Gasteiger partial charge in [0.25, 0.3) is 0 Å². The van der Waals surface area contributed by atoms with Crippen molar-refractivity contribution in [3.05, 3.63) is 35.0 Å². The minimum absolute atomic E-state index is 0.0629. The molecule has 0 saturated heterocycles. The predicted molar refractivity (Wildman–Crippen MR) is 57.2 cm³/mol. The molecule has 0 radical (unpaired) electrons. The van der Waals surface area contributed by atoms with Crippen LogP contribution >= 0.6 is 0 Å². The Morgan fingerprint density at radius 1 is 1.65 bits per heavy atom. The van der Waals surface area contributed by atoms with Crippen molar-refractivity contribution < 1.29 is 20.0 Å². The zero-order chi connectivity index (χ0) is 12.8. The molecule has 0 amide bonds. The Balaban J connectivity index is 3.13. The Hall–Kier alpha value is -1.94. The number of para-hydroxylation sites is 1. The highest BCUT2D eigenvalue weighted by Crippen LogP contribution is 2.22. The van der Waals surface area contributed by atoms with Crippen molar-refractivity contribution in [1.29, 1.82) is 5.26 Å². The summed E-state index contributed by atoms with van der Waals surface area (Å²) >= 11 is 0. The van der Waals surface area contributed by atoms with Crippen LogP contribution in [0.2, 0.25) is 0 Å². The van der Waals surface area contributed by atoms with Crippen molar-refractivity contribution in [2.75, 3.05) is 6.61 Å². The average Bonchev–Trinajstić information content (AvgIpc) is 2.31. The second kappa shape index (κ2) is 5.96. The van der Waals surface area contributed by atoms with Crippen LogP contribution in [0.4, 0.5) is 5.69 Å². The predicted octanol–water partition coefficient (Wildman–Crippen LogP) is 0.260. The Labute approximate surface area is 98.2 Å². The van der Waals surface area contributed by atoms with Gasteiger partial charge in [0.2, 0.25) is 0 Å². The fourth-order valence-electron chi connectivity index (χ4n) is 1.42. The van der Waals surface area contributed by atoms with E-state index < -0.39 is 17.1 Å². The van der Waals surface area contributed by atoms with E-state index in [1.165, 1.54) is 18.2 Å². The van der Waals surface area contributed by atoms with Crippen LogP contribution in [0.5, 0.6) is 0 Å². The van der Waals surface area contributed by atoms with Gasteiger partial charge < -0.3 is 9.94 Å². The van der Waals surface area contributed by atoms with Gasteiger partial charge in [0.1, 0.15) is 0 Å². The van der Waals surface area contributed by atoms with Crippen molar-refractivity contribution in [3.8, 4) is 6.07 Å². The molecule has 0 aliphatic rings. The van der Waals surface area contributed by atoms with E-state index >= 15 is 0 Å². The number of rotatable bonds is 4. The zero-order valence-electron chi connectivity index (χ0n) is 9.21. The molecule has 0 aromatic heterocycles. The van der Waals surface area contributed by atoms with Gasteiger partial charge in [-0.05, 0) is 6.92 Å². The number of esters is 1. The molecular formula is C11H12N2O4. The molecule has 1 aromatic rings. The molecule has 1 aromatic carbocycles. The van der Waals surface area contributed by atoms with Crippen LogP contribution in [0.15, 0.2) is 24.3 Å². The van der Waals surface area contributed by atoms with Crippen LogP contribution in [0.25, 0.3) is 0 Å². The van der Waals surface area contributed by atoms with Crippen LogP contribution in [0.1, 0.15) is 18.4 Å². The summed E-state index contributed by atoms with van der Waals surface area (Å²) in [4.78, 5) is 11.5. The zero-order valence-corrected chi connectivity index (χ0v) is 9.21. The molecule has 2 atom stereocenters. The first-order chi connectivity index (χ1) is 8.11. The number of quaternary nitrogens is 1. The van der Waals surface area contributed by atoms with E-state index in [0.29, 0.717) is 0 Å². The number of ether oxygens (including phenoxy) is 1. The normalized spacial score (nSPS) is 13.5. The van der Waals surface area contributed by atoms with Gasteiger partial charge in [0, 0.05) is 11.6 Å². The lowest BCUT2D eigenvalue weighted by atomic mass is 9.99. The number of nitriles is 1. The molecule has 0 fully saturated rings. The van der Waals surface area contributed by atoms with Gasteiger partial charge in [-0.3, -0.25) is 4.79 Å². The quantitative estimate of drug-likeness (QED) is 0.577. The first kappa shape index (κ1) is 13.1. The summed E-state index contributed by atoms with van der Waals surface area (Å²) in [7, 11) is 0. The number of benzene rings is 1. The van der Waals surface area contributed by atoms with Crippen molar-refractivity contribution >= 4 is 11.7 Å². The highest BCUT2D eigenvalue weighted by atomic mass is 16.8. The van der Waals surface area contributed by atoms with Crippen LogP contribution in [0, 0.1) is 16.5 Å². The van der Waals surface area contributed by atoms with Gasteiger partial charge in [-0.25, -0.2) is 5.21 Å². The van der Waals surface area contributed by atoms with Crippen LogP contribution < -0.4 is 5.23 Å². The fourth-order valence-corrected chi connectivity index (χ4v) is 1.42. The van der Waals surface area contributed by atoms with Gasteiger partial charge in [0.05, 0.1) is 12.7 Å². The van der Waals surface area contributed by atoms with E-state index in [1.54, 1.807) is 19.1 Å². The molecule has 17 heavy (non-hydrogen) atoms. The minimum atomic E-state index is -1.21. The van der Waals surface area contributed by atoms with Crippen LogP contribution in [-0.2, 0) is 9.53 Å². The molecule has 1 rings (SSSR count). The summed E-state index contributed by atoms with van der Waals surface area (Å²) in [6.45, 7) is 1.77. The van der Waals surface area contributed by atoms with Crippen molar-refractivity contribution in [2.24, 2.45) is 0 Å². The van der Waals surface area contributed by atoms with Crippen LogP contribution in [-0.4, -0.2) is 17.8 Å². The van der Waals surface area contributed by atoms with E-state index in [9.17, 15) is 10.0 Å². The lowest BCUT2D eigenvalue weighted by Gasteiger charge is -2.17. The number of hydrogen-bond acceptors (Lipinski definition) is 5. The molecule has 6 nitrogen and oxygen atoms in total. The largest absolute Gasteiger partial charge is 0.595 e. The number of carbonyl (C=O) groups is 1. The Kier molecular flexibility index (Phi) is 4.60. The van der Waals surface area contributed by atoms with E-state index in [4.69, 9.17) is 15.2 Å². The SMILES string of the molecule is CCOC(=O)[C@H](C#N)c1ccccc1[NH+]([O-])O. The molecule has 0 aliphatic heterocycles. The van der Waals surface area contributed by atoms with E-state index in [2.05, 4.69) is 0 Å². The molecule has 1 unspecified atom stereocenters. The number of carbonyl (C=O) groups excluding carboxylic acids is 1. The number of nitrogens with zero attached hydrogens (tertiary/aromatic N) is 1. The highest BCUT2D eigenvalue weighted by Gasteiger charge is 2.26. The third-order valence-electron chi connectivity index (χ3n) is 2.15. The Bertz CT molecular complexity index is 439. The maximum atomic E-state index is 11.5. The third kappa shape index (κ3) is 3.01. The second-order valence-corrected chi connectivity index (χ2v) is 3.21. The van der Waals surface area contributed by atoms with Gasteiger partial charge in [-0.2, -0.15) is 10.5 Å². The third-order valence-corrected chi connectivity index (χ3v) is 2.15. The molecule has 0 heterocycles. The van der Waals surface area contributed by atoms with Gasteiger partial charge in [-0.15, -0.1) is 0 Å². The molecule has 0 aliphatic carbocycles. The van der Waals surface area contributed by atoms with Crippen molar-refractivity contribution in [3.63, 3.8) is 0 Å². The van der Waals surface area contributed by atoms with Gasteiger partial charge in [-0.1, -0.05) is 18.2 Å². The van der Waals surface area contributed by atoms with Crippen molar-refractivity contribution in [1.82, 2.24) is 0 Å². The summed E-state index contributed by atoms with van der Waals surface area (Å²) in [5.41, 5.74) is 0.0908. The lowest BCUT2D eigenvalue weighted by Crippen LogP contribution is -2.99. The minimum Gasteiger partial charge on any atom is -0.595 e. The van der Waals surface area contributed by atoms with E-state index in [-0.39, 0.29) is 17.9 Å². The fraction of sp³-hybridized carbons (Fsp3) is 0.273. The lowest BCUT2D eigenvalue weighted by molar-refractivity contribution is -0.991. The first-order valence-corrected chi connectivity index (χ1v) is 5.00. The van der Waals surface area contributed by atoms with Crippen molar-refractivity contribution in [2.45, 2.75) is 12.8 Å². The molecule has 6 heteroatoms. The monoisotopic (exact) mass is 236 g/mol. The van der Waals surface area contributed by atoms with Crippen LogP contribution in [0.3, 0.4) is 0 Å². The maximum Gasteiger partial charge on any atom is 0.328 e. The van der Waals surface area contributed by atoms with Gasteiger partial charge in [0.15, 0.2) is 11.6 Å². The summed E-state index contributed by atoms with van der Waals surface area (Å²) in [5.74, 6) is -1.94. The molecule has 0 spiro atoms. The topological polar surface area (TPSA) is 97.8 Å².